The van der Waals surface area contributed by atoms with Gasteiger partial charge in [0.15, 0.2) is 0 Å². The zero-order chi connectivity index (χ0) is 28.2. The molecule has 0 N–H and O–H groups in total. The first-order valence-corrected chi connectivity index (χ1v) is 15.0. The fourth-order valence-corrected chi connectivity index (χ4v) is 4.84. The lowest BCUT2D eigenvalue weighted by Crippen LogP contribution is -2.39. The number of benzene rings is 2. The summed E-state index contributed by atoms with van der Waals surface area (Å²) >= 11 is 1.69. The van der Waals surface area contributed by atoms with Crippen LogP contribution in [0.2, 0.25) is 0 Å². The maximum Gasteiger partial charge on any atom is 0.410 e. The maximum atomic E-state index is 12.4. The third-order valence-corrected chi connectivity index (χ3v) is 7.07. The zero-order valence-electron chi connectivity index (χ0n) is 23.7. The zero-order valence-corrected chi connectivity index (χ0v) is 24.5. The van der Waals surface area contributed by atoms with E-state index in [1.807, 2.05) is 80.3 Å². The molecule has 0 radical (unpaired) electrons. The maximum absolute atomic E-state index is 12.4. The molecule has 1 aromatic heterocycles. The highest BCUT2D eigenvalue weighted by Gasteiger charge is 2.24. The standard InChI is InChI=1S/C30H40N4O5S/c1-30(2,3)39-29(35)34-17-7-15-33(18-19-34)16-8-20-36-26-13-11-24(12-14-26)28-32-31-27(38-28)23-40-22-21-37-25-9-5-4-6-10-25/h4-6,9-14H,7-8,15-23H2,1-3H3. The fraction of sp³-hybridized carbons (Fsp3) is 0.500. The Morgan fingerprint density at radius 3 is 2.45 bits per heavy atom. The Morgan fingerprint density at radius 1 is 0.925 bits per heavy atom. The van der Waals surface area contributed by atoms with Gasteiger partial charge in [-0.2, -0.15) is 0 Å². The van der Waals surface area contributed by atoms with Crippen LogP contribution in [0.25, 0.3) is 11.5 Å². The lowest BCUT2D eigenvalue weighted by Gasteiger charge is -2.26. The largest absolute Gasteiger partial charge is 0.494 e. The van der Waals surface area contributed by atoms with Crippen molar-refractivity contribution in [3.05, 3.63) is 60.5 Å². The van der Waals surface area contributed by atoms with Gasteiger partial charge in [0.05, 0.1) is 19.0 Å². The summed E-state index contributed by atoms with van der Waals surface area (Å²) in [4.78, 5) is 16.6. The Kier molecular flexibility index (Phi) is 11.1. The Labute approximate surface area is 241 Å². The topological polar surface area (TPSA) is 90.2 Å². The van der Waals surface area contributed by atoms with Crippen LogP contribution in [0, 0.1) is 0 Å². The van der Waals surface area contributed by atoms with Crippen molar-refractivity contribution in [2.45, 2.75) is 45.0 Å². The number of ether oxygens (including phenoxy) is 3. The highest BCUT2D eigenvalue weighted by atomic mass is 32.2. The molecule has 1 fully saturated rings. The van der Waals surface area contributed by atoms with Gasteiger partial charge in [0.2, 0.25) is 11.8 Å². The SMILES string of the molecule is CC(C)(C)OC(=O)N1CCCN(CCCOc2ccc(-c3nnc(CSCCOc4ccccc4)o3)cc2)CC1. The number of aromatic nitrogens is 2. The monoisotopic (exact) mass is 568 g/mol. The molecule has 216 valence electrons. The van der Waals surface area contributed by atoms with Gasteiger partial charge in [-0.05, 0) is 76.6 Å². The van der Waals surface area contributed by atoms with Crippen molar-refractivity contribution in [3.8, 4) is 23.0 Å². The summed E-state index contributed by atoms with van der Waals surface area (Å²) in [6.07, 6.45) is 1.64. The normalized spacial score (nSPS) is 14.5. The van der Waals surface area contributed by atoms with Gasteiger partial charge in [0, 0.05) is 37.5 Å². The van der Waals surface area contributed by atoms with Gasteiger partial charge in [-0.3, -0.25) is 0 Å². The van der Waals surface area contributed by atoms with Crippen molar-refractivity contribution in [2.75, 3.05) is 51.7 Å². The second-order valence-corrected chi connectivity index (χ2v) is 11.7. The predicted molar refractivity (Wildman–Crippen MR) is 157 cm³/mol. The molecule has 0 spiro atoms. The molecule has 0 saturated carbocycles. The van der Waals surface area contributed by atoms with Gasteiger partial charge in [-0.15, -0.1) is 22.0 Å². The van der Waals surface area contributed by atoms with E-state index in [-0.39, 0.29) is 6.09 Å². The number of nitrogens with zero attached hydrogens (tertiary/aromatic N) is 4. The van der Waals surface area contributed by atoms with Gasteiger partial charge >= 0.3 is 6.09 Å². The molecule has 0 bridgehead atoms. The number of hydrogen-bond acceptors (Lipinski definition) is 9. The van der Waals surface area contributed by atoms with E-state index in [0.717, 1.165) is 61.8 Å². The van der Waals surface area contributed by atoms with E-state index in [4.69, 9.17) is 18.6 Å². The van der Waals surface area contributed by atoms with Crippen LogP contribution in [0.5, 0.6) is 11.5 Å². The van der Waals surface area contributed by atoms with Crippen molar-refractivity contribution >= 4 is 17.9 Å². The summed E-state index contributed by atoms with van der Waals surface area (Å²) in [5.74, 6) is 4.27. The van der Waals surface area contributed by atoms with E-state index in [0.29, 0.717) is 37.3 Å². The molecule has 1 aliphatic rings. The van der Waals surface area contributed by atoms with E-state index in [2.05, 4.69) is 15.1 Å². The molecule has 1 aliphatic heterocycles. The molecule has 3 aromatic rings. The van der Waals surface area contributed by atoms with Gasteiger partial charge in [0.1, 0.15) is 17.1 Å². The lowest BCUT2D eigenvalue weighted by molar-refractivity contribution is 0.0257. The number of hydrogen-bond donors (Lipinski definition) is 0. The summed E-state index contributed by atoms with van der Waals surface area (Å²) in [5, 5.41) is 8.36. The van der Waals surface area contributed by atoms with Crippen LogP contribution in [0.4, 0.5) is 4.79 Å². The van der Waals surface area contributed by atoms with Crippen LogP contribution < -0.4 is 9.47 Å². The molecule has 9 nitrogen and oxygen atoms in total. The molecular weight excluding hydrogens is 528 g/mol. The van der Waals surface area contributed by atoms with Crippen LogP contribution in [0.1, 0.15) is 39.5 Å². The van der Waals surface area contributed by atoms with Gasteiger partial charge in [-0.1, -0.05) is 18.2 Å². The van der Waals surface area contributed by atoms with Crippen molar-refractivity contribution in [1.29, 1.82) is 0 Å². The Bertz CT molecular complexity index is 1170. The highest BCUT2D eigenvalue weighted by Crippen LogP contribution is 2.23. The summed E-state index contributed by atoms with van der Waals surface area (Å²) in [5.41, 5.74) is 0.396. The van der Waals surface area contributed by atoms with Crippen LogP contribution in [-0.2, 0) is 10.5 Å². The summed E-state index contributed by atoms with van der Waals surface area (Å²) in [6, 6.07) is 17.5. The predicted octanol–water partition coefficient (Wildman–Crippen LogP) is 5.76. The first-order chi connectivity index (χ1) is 19.4. The van der Waals surface area contributed by atoms with Gasteiger partial charge in [-0.25, -0.2) is 4.79 Å². The number of carbonyl (C=O) groups is 1. The number of rotatable bonds is 12. The molecule has 0 unspecified atom stereocenters. The quantitative estimate of drug-likeness (QED) is 0.253. The van der Waals surface area contributed by atoms with Crippen LogP contribution in [0.15, 0.2) is 59.0 Å². The average Bonchev–Trinajstić information content (AvgIpc) is 3.28. The van der Waals surface area contributed by atoms with Crippen molar-refractivity contribution in [1.82, 2.24) is 20.0 Å². The second kappa shape index (κ2) is 14.9. The van der Waals surface area contributed by atoms with Crippen LogP contribution in [-0.4, -0.2) is 83.4 Å². The van der Waals surface area contributed by atoms with Gasteiger partial charge in [0.25, 0.3) is 0 Å². The lowest BCUT2D eigenvalue weighted by atomic mass is 10.2. The number of amides is 1. The molecule has 1 saturated heterocycles. The molecule has 0 atom stereocenters. The van der Waals surface area contributed by atoms with Crippen molar-refractivity contribution in [3.63, 3.8) is 0 Å². The Hall–Kier alpha value is -3.24. The molecule has 2 aromatic carbocycles. The number of carbonyl (C=O) groups excluding carboxylic acids is 1. The molecule has 40 heavy (non-hydrogen) atoms. The highest BCUT2D eigenvalue weighted by molar-refractivity contribution is 7.98. The third kappa shape index (κ3) is 10.1. The minimum atomic E-state index is -0.467. The average molecular weight is 569 g/mol. The summed E-state index contributed by atoms with van der Waals surface area (Å²) < 4.78 is 23.0. The third-order valence-electron chi connectivity index (χ3n) is 6.16. The number of para-hydroxylation sites is 1. The smallest absolute Gasteiger partial charge is 0.410 e. The first-order valence-electron chi connectivity index (χ1n) is 13.9. The second-order valence-electron chi connectivity index (χ2n) is 10.6. The molecule has 0 aliphatic carbocycles. The fourth-order valence-electron chi connectivity index (χ4n) is 4.20. The van der Waals surface area contributed by atoms with E-state index in [1.54, 1.807) is 11.8 Å². The first kappa shape index (κ1) is 29.7. The van der Waals surface area contributed by atoms with Crippen molar-refractivity contribution < 1.29 is 23.4 Å². The minimum Gasteiger partial charge on any atom is -0.494 e. The Morgan fingerprint density at radius 2 is 1.68 bits per heavy atom. The summed E-state index contributed by atoms with van der Waals surface area (Å²) in [7, 11) is 0. The van der Waals surface area contributed by atoms with E-state index in [9.17, 15) is 4.79 Å². The van der Waals surface area contributed by atoms with E-state index in [1.165, 1.54) is 0 Å². The minimum absolute atomic E-state index is 0.221. The number of thioether (sulfide) groups is 1. The van der Waals surface area contributed by atoms with Crippen molar-refractivity contribution in [2.24, 2.45) is 0 Å². The van der Waals surface area contributed by atoms with Crippen LogP contribution >= 0.6 is 11.8 Å². The Balaban J connectivity index is 1.11. The van der Waals surface area contributed by atoms with E-state index < -0.39 is 5.60 Å². The van der Waals surface area contributed by atoms with Gasteiger partial charge < -0.3 is 28.4 Å². The van der Waals surface area contributed by atoms with Crippen LogP contribution in [0.3, 0.4) is 0 Å². The molecule has 4 rings (SSSR count). The molecule has 1 amide bonds. The molecule has 10 heteroatoms. The molecule has 2 heterocycles. The summed E-state index contributed by atoms with van der Waals surface area (Å²) in [6.45, 7) is 11.1. The van der Waals surface area contributed by atoms with E-state index >= 15 is 0 Å². The molecular formula is C30H40N4O5S.